The minimum atomic E-state index is -0.279. The molecule has 0 aliphatic heterocycles. The number of allylic oxidation sites excluding steroid dienone is 2. The SMILES string of the molecule is CCC(C)/C=C(/Cc1ccccc1)[N+](=O)[O-]. The van der Waals surface area contributed by atoms with Gasteiger partial charge in [-0.3, -0.25) is 10.1 Å². The first-order valence-electron chi connectivity index (χ1n) is 5.52. The maximum absolute atomic E-state index is 10.9. The van der Waals surface area contributed by atoms with Crippen molar-refractivity contribution in [1.82, 2.24) is 0 Å². The Balaban J connectivity index is 2.81. The molecule has 3 nitrogen and oxygen atoms in total. The maximum atomic E-state index is 10.9. The summed E-state index contributed by atoms with van der Waals surface area (Å²) in [5.41, 5.74) is 1.27. The van der Waals surface area contributed by atoms with Gasteiger partial charge in [0, 0.05) is 0 Å². The van der Waals surface area contributed by atoms with Crippen LogP contribution in [-0.2, 0) is 6.42 Å². The van der Waals surface area contributed by atoms with Crippen molar-refractivity contribution in [3.8, 4) is 0 Å². The van der Waals surface area contributed by atoms with E-state index in [4.69, 9.17) is 0 Å². The summed E-state index contributed by atoms with van der Waals surface area (Å²) in [5, 5.41) is 10.9. The lowest BCUT2D eigenvalue weighted by atomic mass is 10.0. The Labute approximate surface area is 95.9 Å². The summed E-state index contributed by atoms with van der Waals surface area (Å²) in [6.45, 7) is 4.02. The molecule has 1 atom stereocenters. The fourth-order valence-corrected chi connectivity index (χ4v) is 1.44. The Morgan fingerprint density at radius 3 is 2.56 bits per heavy atom. The van der Waals surface area contributed by atoms with Crippen LogP contribution < -0.4 is 0 Å². The highest BCUT2D eigenvalue weighted by Gasteiger charge is 2.12. The van der Waals surface area contributed by atoms with E-state index in [1.807, 2.05) is 44.2 Å². The Morgan fingerprint density at radius 1 is 1.44 bits per heavy atom. The van der Waals surface area contributed by atoms with E-state index in [-0.39, 0.29) is 10.8 Å². The van der Waals surface area contributed by atoms with Crippen LogP contribution in [-0.4, -0.2) is 4.92 Å². The predicted molar refractivity (Wildman–Crippen MR) is 64.7 cm³/mol. The summed E-state index contributed by atoms with van der Waals surface area (Å²) < 4.78 is 0. The van der Waals surface area contributed by atoms with Gasteiger partial charge in [0.05, 0.1) is 11.3 Å². The van der Waals surface area contributed by atoms with Crippen LogP contribution in [0.25, 0.3) is 0 Å². The Hall–Kier alpha value is -1.64. The molecule has 0 saturated heterocycles. The first-order chi connectivity index (χ1) is 7.63. The molecule has 0 bridgehead atoms. The summed E-state index contributed by atoms with van der Waals surface area (Å²) in [7, 11) is 0. The van der Waals surface area contributed by atoms with Gasteiger partial charge in [0.15, 0.2) is 0 Å². The largest absolute Gasteiger partial charge is 0.259 e. The molecule has 0 saturated carbocycles. The summed E-state index contributed by atoms with van der Waals surface area (Å²) in [4.78, 5) is 10.6. The molecule has 0 N–H and O–H groups in total. The molecule has 16 heavy (non-hydrogen) atoms. The molecule has 0 fully saturated rings. The van der Waals surface area contributed by atoms with Gasteiger partial charge in [0.25, 0.3) is 0 Å². The summed E-state index contributed by atoms with van der Waals surface area (Å²) in [6.07, 6.45) is 3.08. The van der Waals surface area contributed by atoms with Crippen LogP contribution in [0.1, 0.15) is 25.8 Å². The van der Waals surface area contributed by atoms with Crippen molar-refractivity contribution in [3.05, 3.63) is 57.8 Å². The molecule has 1 aromatic rings. The van der Waals surface area contributed by atoms with Crippen LogP contribution in [0.4, 0.5) is 0 Å². The molecule has 1 aromatic carbocycles. The molecule has 0 aliphatic carbocycles. The number of nitro groups is 1. The number of nitrogens with zero attached hydrogens (tertiary/aromatic N) is 1. The Kier molecular flexibility index (Phi) is 4.70. The smallest absolute Gasteiger partial charge is 0.246 e. The van der Waals surface area contributed by atoms with E-state index < -0.39 is 0 Å². The van der Waals surface area contributed by atoms with Gasteiger partial charge in [-0.25, -0.2) is 0 Å². The van der Waals surface area contributed by atoms with E-state index in [0.717, 1.165) is 12.0 Å². The molecule has 0 heterocycles. The number of hydrogen-bond acceptors (Lipinski definition) is 2. The molecule has 1 unspecified atom stereocenters. The average Bonchev–Trinajstić information content (AvgIpc) is 2.29. The quantitative estimate of drug-likeness (QED) is 0.562. The van der Waals surface area contributed by atoms with Crippen LogP contribution >= 0.6 is 0 Å². The minimum Gasteiger partial charge on any atom is -0.259 e. The van der Waals surface area contributed by atoms with E-state index >= 15 is 0 Å². The second-order valence-corrected chi connectivity index (χ2v) is 3.96. The molecule has 0 spiro atoms. The minimum absolute atomic E-state index is 0.254. The molecule has 86 valence electrons. The monoisotopic (exact) mass is 219 g/mol. The first kappa shape index (κ1) is 12.4. The van der Waals surface area contributed by atoms with E-state index in [1.54, 1.807) is 6.08 Å². The van der Waals surface area contributed by atoms with Crippen LogP contribution in [0.3, 0.4) is 0 Å². The van der Waals surface area contributed by atoms with Crippen molar-refractivity contribution in [2.75, 3.05) is 0 Å². The van der Waals surface area contributed by atoms with Gasteiger partial charge in [-0.2, -0.15) is 0 Å². The van der Waals surface area contributed by atoms with Crippen LogP contribution in [0.5, 0.6) is 0 Å². The predicted octanol–water partition coefficient (Wildman–Crippen LogP) is 3.44. The first-order valence-corrected chi connectivity index (χ1v) is 5.52. The second-order valence-electron chi connectivity index (χ2n) is 3.96. The van der Waals surface area contributed by atoms with Gasteiger partial charge in [0.2, 0.25) is 5.70 Å². The van der Waals surface area contributed by atoms with Crippen molar-refractivity contribution in [2.45, 2.75) is 26.7 Å². The highest BCUT2D eigenvalue weighted by Crippen LogP contribution is 2.13. The van der Waals surface area contributed by atoms with Crippen molar-refractivity contribution >= 4 is 0 Å². The van der Waals surface area contributed by atoms with Crippen LogP contribution in [0.2, 0.25) is 0 Å². The fraction of sp³-hybridized carbons (Fsp3) is 0.385. The zero-order valence-corrected chi connectivity index (χ0v) is 9.72. The van der Waals surface area contributed by atoms with Crippen molar-refractivity contribution in [3.63, 3.8) is 0 Å². The topological polar surface area (TPSA) is 43.1 Å². The lowest BCUT2D eigenvalue weighted by Gasteiger charge is -2.03. The third-order valence-corrected chi connectivity index (χ3v) is 2.58. The normalized spacial score (nSPS) is 13.5. The third-order valence-electron chi connectivity index (χ3n) is 2.58. The lowest BCUT2D eigenvalue weighted by Crippen LogP contribution is -2.04. The molecule has 0 amide bonds. The number of rotatable bonds is 5. The zero-order chi connectivity index (χ0) is 12.0. The van der Waals surface area contributed by atoms with Gasteiger partial charge >= 0.3 is 0 Å². The highest BCUT2D eigenvalue weighted by atomic mass is 16.6. The molecular formula is C13H17NO2. The highest BCUT2D eigenvalue weighted by molar-refractivity contribution is 5.19. The molecule has 0 aromatic heterocycles. The molecular weight excluding hydrogens is 202 g/mol. The maximum Gasteiger partial charge on any atom is 0.246 e. The molecule has 3 heteroatoms. The van der Waals surface area contributed by atoms with Gasteiger partial charge in [0.1, 0.15) is 0 Å². The third kappa shape index (κ3) is 3.85. The Bertz CT molecular complexity index is 371. The standard InChI is InChI=1S/C13H17NO2/c1-3-11(2)9-13(14(15)16)10-12-7-5-4-6-8-12/h4-9,11H,3,10H2,1-2H3/b13-9-. The van der Waals surface area contributed by atoms with E-state index in [2.05, 4.69) is 0 Å². The summed E-state index contributed by atoms with van der Waals surface area (Å²) >= 11 is 0. The molecule has 0 aliphatic rings. The summed E-state index contributed by atoms with van der Waals surface area (Å²) in [5.74, 6) is 0.254. The molecule has 0 radical (unpaired) electrons. The van der Waals surface area contributed by atoms with Crippen molar-refractivity contribution in [2.24, 2.45) is 5.92 Å². The number of benzene rings is 1. The lowest BCUT2D eigenvalue weighted by molar-refractivity contribution is -0.427. The second kappa shape index (κ2) is 6.05. The molecule has 1 rings (SSSR count). The van der Waals surface area contributed by atoms with Gasteiger partial charge in [-0.15, -0.1) is 0 Å². The van der Waals surface area contributed by atoms with Crippen LogP contribution in [0.15, 0.2) is 42.1 Å². The van der Waals surface area contributed by atoms with E-state index in [0.29, 0.717) is 12.1 Å². The van der Waals surface area contributed by atoms with E-state index in [9.17, 15) is 10.1 Å². The van der Waals surface area contributed by atoms with Gasteiger partial charge in [-0.05, 0) is 24.0 Å². The zero-order valence-electron chi connectivity index (χ0n) is 9.72. The van der Waals surface area contributed by atoms with Crippen LogP contribution in [0, 0.1) is 16.0 Å². The van der Waals surface area contributed by atoms with Crippen molar-refractivity contribution in [1.29, 1.82) is 0 Å². The van der Waals surface area contributed by atoms with Gasteiger partial charge in [-0.1, -0.05) is 44.2 Å². The average molecular weight is 219 g/mol. The van der Waals surface area contributed by atoms with E-state index in [1.165, 1.54) is 0 Å². The summed E-state index contributed by atoms with van der Waals surface area (Å²) in [6, 6.07) is 9.53. The van der Waals surface area contributed by atoms with Crippen molar-refractivity contribution < 1.29 is 4.92 Å². The Morgan fingerprint density at radius 2 is 2.06 bits per heavy atom. The fourth-order valence-electron chi connectivity index (χ4n) is 1.44. The number of hydrogen-bond donors (Lipinski definition) is 0. The van der Waals surface area contributed by atoms with Gasteiger partial charge < -0.3 is 0 Å².